The summed E-state index contributed by atoms with van der Waals surface area (Å²) in [5, 5.41) is 2.97. The average Bonchev–Trinajstić information content (AvgIpc) is 2.15. The van der Waals surface area contributed by atoms with Crippen molar-refractivity contribution in [1.29, 1.82) is 0 Å². The highest BCUT2D eigenvalue weighted by molar-refractivity contribution is 5.96. The quantitative estimate of drug-likeness (QED) is 0.708. The molecule has 1 aliphatic heterocycles. The SMILES string of the molecule is Cc1ccc(F)c2c1CC(=O)C(C)(C)N2. The van der Waals surface area contributed by atoms with E-state index in [1.165, 1.54) is 6.07 Å². The Morgan fingerprint density at radius 2 is 2.07 bits per heavy atom. The number of carbonyl (C=O) groups is 1. The van der Waals surface area contributed by atoms with Gasteiger partial charge in [0.1, 0.15) is 5.82 Å². The number of hydrogen-bond acceptors (Lipinski definition) is 2. The topological polar surface area (TPSA) is 29.1 Å². The van der Waals surface area contributed by atoms with E-state index in [0.717, 1.165) is 11.1 Å². The molecule has 0 aliphatic carbocycles. The minimum absolute atomic E-state index is 0.101. The molecule has 80 valence electrons. The van der Waals surface area contributed by atoms with Crippen LogP contribution in [-0.4, -0.2) is 11.3 Å². The van der Waals surface area contributed by atoms with Crippen LogP contribution < -0.4 is 5.32 Å². The molecule has 1 aromatic carbocycles. The van der Waals surface area contributed by atoms with Gasteiger partial charge in [-0.05, 0) is 38.0 Å². The third-order valence-electron chi connectivity index (χ3n) is 2.97. The van der Waals surface area contributed by atoms with E-state index in [-0.39, 0.29) is 11.6 Å². The predicted molar refractivity (Wildman–Crippen MR) is 57.5 cm³/mol. The molecule has 0 spiro atoms. The van der Waals surface area contributed by atoms with Crippen LogP contribution in [0.5, 0.6) is 0 Å². The van der Waals surface area contributed by atoms with Gasteiger partial charge in [0.15, 0.2) is 5.78 Å². The number of fused-ring (bicyclic) bond motifs is 1. The number of Topliss-reactive ketones (excluding diaryl/α,β-unsaturated/α-hetero) is 1. The number of hydrogen-bond donors (Lipinski definition) is 1. The Morgan fingerprint density at radius 3 is 2.73 bits per heavy atom. The zero-order chi connectivity index (χ0) is 11.2. The molecular weight excluding hydrogens is 193 g/mol. The van der Waals surface area contributed by atoms with Crippen molar-refractivity contribution in [2.75, 3.05) is 5.32 Å². The molecule has 0 amide bonds. The molecule has 0 unspecified atom stereocenters. The highest BCUT2D eigenvalue weighted by Crippen LogP contribution is 2.32. The molecule has 0 saturated carbocycles. The average molecular weight is 207 g/mol. The van der Waals surface area contributed by atoms with Gasteiger partial charge in [0.2, 0.25) is 0 Å². The van der Waals surface area contributed by atoms with Gasteiger partial charge in [-0.25, -0.2) is 4.39 Å². The van der Waals surface area contributed by atoms with E-state index in [0.29, 0.717) is 12.1 Å². The van der Waals surface area contributed by atoms with E-state index in [9.17, 15) is 9.18 Å². The first-order chi connectivity index (χ1) is 6.92. The van der Waals surface area contributed by atoms with Crippen LogP contribution in [0, 0.1) is 12.7 Å². The lowest BCUT2D eigenvalue weighted by molar-refractivity contribution is -0.122. The fourth-order valence-corrected chi connectivity index (χ4v) is 1.85. The highest BCUT2D eigenvalue weighted by atomic mass is 19.1. The van der Waals surface area contributed by atoms with Gasteiger partial charge in [0.25, 0.3) is 0 Å². The third kappa shape index (κ3) is 1.52. The van der Waals surface area contributed by atoms with Gasteiger partial charge < -0.3 is 5.32 Å². The molecule has 2 nitrogen and oxygen atoms in total. The molecule has 0 atom stereocenters. The van der Waals surface area contributed by atoms with Crippen molar-refractivity contribution in [3.63, 3.8) is 0 Å². The van der Waals surface area contributed by atoms with Crippen molar-refractivity contribution in [1.82, 2.24) is 0 Å². The molecule has 0 radical (unpaired) electrons. The van der Waals surface area contributed by atoms with E-state index in [4.69, 9.17) is 0 Å². The van der Waals surface area contributed by atoms with Gasteiger partial charge in [-0.15, -0.1) is 0 Å². The number of benzene rings is 1. The predicted octanol–water partition coefficient (Wildman–Crippen LogP) is 2.45. The Hall–Kier alpha value is -1.38. The second kappa shape index (κ2) is 3.05. The van der Waals surface area contributed by atoms with Gasteiger partial charge in [-0.2, -0.15) is 0 Å². The molecule has 2 rings (SSSR count). The largest absolute Gasteiger partial charge is 0.371 e. The number of rotatable bonds is 0. The first kappa shape index (κ1) is 10.1. The first-order valence-electron chi connectivity index (χ1n) is 5.01. The lowest BCUT2D eigenvalue weighted by Gasteiger charge is -2.33. The highest BCUT2D eigenvalue weighted by Gasteiger charge is 2.34. The second-order valence-electron chi connectivity index (χ2n) is 4.57. The van der Waals surface area contributed by atoms with Crippen LogP contribution in [0.1, 0.15) is 25.0 Å². The molecule has 0 fully saturated rings. The molecule has 1 N–H and O–H groups in total. The molecule has 1 aromatic rings. The van der Waals surface area contributed by atoms with Crippen molar-refractivity contribution < 1.29 is 9.18 Å². The number of ketones is 1. The van der Waals surface area contributed by atoms with Gasteiger partial charge in [0.05, 0.1) is 11.2 Å². The van der Waals surface area contributed by atoms with E-state index in [2.05, 4.69) is 5.32 Å². The summed E-state index contributed by atoms with van der Waals surface area (Å²) in [7, 11) is 0. The number of halogens is 1. The monoisotopic (exact) mass is 207 g/mol. The second-order valence-corrected chi connectivity index (χ2v) is 4.57. The van der Waals surface area contributed by atoms with Gasteiger partial charge in [0, 0.05) is 6.42 Å². The fraction of sp³-hybridized carbons (Fsp3) is 0.417. The van der Waals surface area contributed by atoms with Gasteiger partial charge in [-0.1, -0.05) is 6.07 Å². The Morgan fingerprint density at radius 1 is 1.40 bits per heavy atom. The van der Waals surface area contributed by atoms with E-state index in [1.54, 1.807) is 19.9 Å². The van der Waals surface area contributed by atoms with Crippen LogP contribution in [0.4, 0.5) is 10.1 Å². The summed E-state index contributed by atoms with van der Waals surface area (Å²) >= 11 is 0. The Balaban J connectivity index is 2.59. The Kier molecular flexibility index (Phi) is 2.07. The summed E-state index contributed by atoms with van der Waals surface area (Å²) in [6, 6.07) is 3.15. The third-order valence-corrected chi connectivity index (χ3v) is 2.97. The van der Waals surface area contributed by atoms with E-state index >= 15 is 0 Å². The Bertz CT molecular complexity index is 437. The number of carbonyl (C=O) groups excluding carboxylic acids is 1. The zero-order valence-electron chi connectivity index (χ0n) is 9.15. The summed E-state index contributed by atoms with van der Waals surface area (Å²) in [5.41, 5.74) is 1.57. The lowest BCUT2D eigenvalue weighted by Crippen LogP contribution is -2.45. The van der Waals surface area contributed by atoms with Gasteiger partial charge in [-0.3, -0.25) is 4.79 Å². The maximum Gasteiger partial charge on any atom is 0.162 e. The normalized spacial score (nSPS) is 18.3. The van der Waals surface area contributed by atoms with Gasteiger partial charge >= 0.3 is 0 Å². The number of nitrogens with one attached hydrogen (secondary N) is 1. The van der Waals surface area contributed by atoms with Crippen molar-refractivity contribution >= 4 is 11.5 Å². The van der Waals surface area contributed by atoms with Crippen LogP contribution in [0.25, 0.3) is 0 Å². The molecule has 0 saturated heterocycles. The van der Waals surface area contributed by atoms with Crippen LogP contribution >= 0.6 is 0 Å². The van der Waals surface area contributed by atoms with Crippen LogP contribution in [0.2, 0.25) is 0 Å². The van der Waals surface area contributed by atoms with Crippen LogP contribution in [0.3, 0.4) is 0 Å². The summed E-state index contributed by atoms with van der Waals surface area (Å²) in [4.78, 5) is 11.8. The summed E-state index contributed by atoms with van der Waals surface area (Å²) < 4.78 is 13.5. The fourth-order valence-electron chi connectivity index (χ4n) is 1.85. The van der Waals surface area contributed by atoms with Crippen molar-refractivity contribution in [2.24, 2.45) is 0 Å². The molecule has 3 heteroatoms. The minimum Gasteiger partial charge on any atom is -0.371 e. The van der Waals surface area contributed by atoms with Crippen molar-refractivity contribution in [3.05, 3.63) is 29.1 Å². The maximum absolute atomic E-state index is 13.5. The zero-order valence-corrected chi connectivity index (χ0v) is 9.15. The summed E-state index contributed by atoms with van der Waals surface area (Å²) in [5.74, 6) is -0.181. The van der Waals surface area contributed by atoms with Crippen molar-refractivity contribution in [3.8, 4) is 0 Å². The smallest absolute Gasteiger partial charge is 0.162 e. The lowest BCUT2D eigenvalue weighted by atomic mass is 9.86. The first-order valence-corrected chi connectivity index (χ1v) is 5.01. The summed E-state index contributed by atoms with van der Waals surface area (Å²) in [6.45, 7) is 5.45. The van der Waals surface area contributed by atoms with E-state index < -0.39 is 5.54 Å². The summed E-state index contributed by atoms with van der Waals surface area (Å²) in [6.07, 6.45) is 0.318. The molecule has 0 aromatic heterocycles. The van der Waals surface area contributed by atoms with Crippen LogP contribution in [-0.2, 0) is 11.2 Å². The molecule has 1 heterocycles. The standard InChI is InChI=1S/C12H14FNO/c1-7-4-5-9(13)11-8(7)6-10(15)12(2,3)14-11/h4-5,14H,6H2,1-3H3. The number of aryl methyl sites for hydroxylation is 1. The number of anilines is 1. The van der Waals surface area contributed by atoms with Crippen LogP contribution in [0.15, 0.2) is 12.1 Å². The maximum atomic E-state index is 13.5. The Labute approximate surface area is 88.5 Å². The molecular formula is C12H14FNO. The molecule has 1 aliphatic rings. The van der Waals surface area contributed by atoms with E-state index in [1.807, 2.05) is 6.92 Å². The van der Waals surface area contributed by atoms with Crippen molar-refractivity contribution in [2.45, 2.75) is 32.7 Å². The molecule has 0 bridgehead atoms. The molecule has 15 heavy (non-hydrogen) atoms. The minimum atomic E-state index is -0.665.